The molecule has 0 bridgehead atoms. The van der Waals surface area contributed by atoms with Gasteiger partial charge in [-0.05, 0) is 51.8 Å². The van der Waals surface area contributed by atoms with Crippen molar-refractivity contribution in [2.24, 2.45) is 0 Å². The van der Waals surface area contributed by atoms with Crippen LogP contribution in [-0.2, 0) is 6.54 Å². The van der Waals surface area contributed by atoms with Gasteiger partial charge >= 0.3 is 0 Å². The van der Waals surface area contributed by atoms with Gasteiger partial charge in [-0.15, -0.1) is 0 Å². The summed E-state index contributed by atoms with van der Waals surface area (Å²) in [5.41, 5.74) is 1.67. The molecule has 0 aliphatic carbocycles. The van der Waals surface area contributed by atoms with Crippen molar-refractivity contribution in [1.82, 2.24) is 9.78 Å². The second-order valence-corrected chi connectivity index (χ2v) is 6.15. The highest BCUT2D eigenvalue weighted by Crippen LogP contribution is 2.21. The summed E-state index contributed by atoms with van der Waals surface area (Å²) in [5, 5.41) is 15.9. The van der Waals surface area contributed by atoms with Gasteiger partial charge in [-0.25, -0.2) is 4.39 Å². The molecule has 0 fully saturated rings. The average molecular weight is 399 g/mol. The number of carbonyl (C=O) groups excluding carboxylic acids is 1. The number of halogens is 2. The molecule has 0 unspecified atom stereocenters. The first-order chi connectivity index (χ1) is 12.0. The first-order valence-corrected chi connectivity index (χ1v) is 8.13. The quantitative estimate of drug-likeness (QED) is 0.722. The molecule has 1 aromatic heterocycles. The monoisotopic (exact) mass is 398 g/mol. The topological polar surface area (TPSA) is 70.7 Å². The molecular formula is C18H12BrFN4O. The lowest BCUT2D eigenvalue weighted by atomic mass is 10.1. The van der Waals surface area contributed by atoms with E-state index in [1.165, 1.54) is 18.2 Å². The molecule has 124 valence electrons. The molecule has 5 nitrogen and oxygen atoms in total. The highest BCUT2D eigenvalue weighted by Gasteiger charge is 2.12. The molecule has 3 rings (SSSR count). The summed E-state index contributed by atoms with van der Waals surface area (Å²) in [6.07, 6.45) is 1.73. The fraction of sp³-hybridized carbons (Fsp3) is 0.0556. The molecule has 0 saturated carbocycles. The standard InChI is InChI=1S/C18H12BrFN4O/c19-16-11-24(10-12-4-6-15(20)7-5-12)23-17(16)22-18(25)14-3-1-2-13(8-14)9-21/h1-8,11H,10H2,(H,22,23,25). The maximum absolute atomic E-state index is 13.0. The minimum absolute atomic E-state index is 0.294. The van der Waals surface area contributed by atoms with E-state index in [1.807, 2.05) is 6.07 Å². The molecule has 0 saturated heterocycles. The predicted molar refractivity (Wildman–Crippen MR) is 94.5 cm³/mol. The Labute approximate surface area is 151 Å². The van der Waals surface area contributed by atoms with E-state index in [1.54, 1.807) is 41.2 Å². The van der Waals surface area contributed by atoms with Crippen LogP contribution in [0.15, 0.2) is 59.2 Å². The summed E-state index contributed by atoms with van der Waals surface area (Å²) in [7, 11) is 0. The Morgan fingerprint density at radius 1 is 1.28 bits per heavy atom. The Morgan fingerprint density at radius 3 is 2.76 bits per heavy atom. The number of amides is 1. The van der Waals surface area contributed by atoms with E-state index in [-0.39, 0.29) is 11.7 Å². The predicted octanol–water partition coefficient (Wildman–Crippen LogP) is 3.96. The largest absolute Gasteiger partial charge is 0.304 e. The number of carbonyl (C=O) groups is 1. The van der Waals surface area contributed by atoms with Crippen molar-refractivity contribution in [1.29, 1.82) is 5.26 Å². The minimum atomic E-state index is -0.357. The molecule has 0 radical (unpaired) electrons. The van der Waals surface area contributed by atoms with E-state index in [2.05, 4.69) is 26.3 Å². The highest BCUT2D eigenvalue weighted by molar-refractivity contribution is 9.10. The molecular weight excluding hydrogens is 387 g/mol. The lowest BCUT2D eigenvalue weighted by molar-refractivity contribution is 0.102. The number of benzene rings is 2. The van der Waals surface area contributed by atoms with Crippen LogP contribution >= 0.6 is 15.9 Å². The maximum atomic E-state index is 13.0. The molecule has 2 aromatic carbocycles. The van der Waals surface area contributed by atoms with Gasteiger partial charge in [0.15, 0.2) is 5.82 Å². The van der Waals surface area contributed by atoms with Crippen molar-refractivity contribution < 1.29 is 9.18 Å². The van der Waals surface area contributed by atoms with E-state index in [0.717, 1.165) is 5.56 Å². The van der Waals surface area contributed by atoms with E-state index < -0.39 is 0 Å². The van der Waals surface area contributed by atoms with Gasteiger partial charge in [0, 0.05) is 11.8 Å². The Kier molecular flexibility index (Phi) is 4.91. The summed E-state index contributed by atoms with van der Waals surface area (Å²) in [5.74, 6) is -0.280. The number of rotatable bonds is 4. The van der Waals surface area contributed by atoms with Crippen molar-refractivity contribution in [2.75, 3.05) is 5.32 Å². The van der Waals surface area contributed by atoms with Crippen molar-refractivity contribution in [3.63, 3.8) is 0 Å². The average Bonchev–Trinajstić information content (AvgIpc) is 2.96. The number of nitriles is 1. The minimum Gasteiger partial charge on any atom is -0.304 e. The third kappa shape index (κ3) is 4.11. The van der Waals surface area contributed by atoms with Gasteiger partial charge in [-0.2, -0.15) is 10.4 Å². The second-order valence-electron chi connectivity index (χ2n) is 5.30. The molecule has 1 N–H and O–H groups in total. The fourth-order valence-electron chi connectivity index (χ4n) is 2.25. The summed E-state index contributed by atoms with van der Waals surface area (Å²) in [6.45, 7) is 0.443. The van der Waals surface area contributed by atoms with Gasteiger partial charge in [0.1, 0.15) is 5.82 Å². The number of hydrogen-bond acceptors (Lipinski definition) is 3. The fourth-order valence-corrected chi connectivity index (χ4v) is 2.66. The summed E-state index contributed by atoms with van der Waals surface area (Å²) in [4.78, 5) is 12.3. The van der Waals surface area contributed by atoms with Gasteiger partial charge in [0.25, 0.3) is 5.91 Å². The summed E-state index contributed by atoms with van der Waals surface area (Å²) in [6, 6.07) is 14.5. The second kappa shape index (κ2) is 7.28. The van der Waals surface area contributed by atoms with Gasteiger partial charge in [0.2, 0.25) is 0 Å². The lowest BCUT2D eigenvalue weighted by Crippen LogP contribution is -2.13. The zero-order valence-corrected chi connectivity index (χ0v) is 14.5. The smallest absolute Gasteiger partial charge is 0.256 e. The van der Waals surface area contributed by atoms with Crippen LogP contribution in [0.3, 0.4) is 0 Å². The van der Waals surface area contributed by atoms with Gasteiger partial charge in [-0.1, -0.05) is 18.2 Å². The third-order valence-electron chi connectivity index (χ3n) is 3.46. The zero-order chi connectivity index (χ0) is 17.8. The Morgan fingerprint density at radius 2 is 2.04 bits per heavy atom. The van der Waals surface area contributed by atoms with Gasteiger partial charge in [0.05, 0.1) is 22.7 Å². The Hall–Kier alpha value is -2.98. The van der Waals surface area contributed by atoms with Crippen LogP contribution in [0.4, 0.5) is 10.2 Å². The Balaban J connectivity index is 1.75. The number of hydrogen-bond donors (Lipinski definition) is 1. The number of anilines is 1. The van der Waals surface area contributed by atoms with E-state index in [0.29, 0.717) is 28.0 Å². The maximum Gasteiger partial charge on any atom is 0.256 e. The molecule has 7 heteroatoms. The third-order valence-corrected chi connectivity index (χ3v) is 4.04. The van der Waals surface area contributed by atoms with Crippen molar-refractivity contribution >= 4 is 27.7 Å². The molecule has 0 aliphatic rings. The van der Waals surface area contributed by atoms with E-state index in [4.69, 9.17) is 5.26 Å². The molecule has 3 aromatic rings. The van der Waals surface area contributed by atoms with Crippen molar-refractivity contribution in [3.8, 4) is 6.07 Å². The van der Waals surface area contributed by atoms with Crippen molar-refractivity contribution in [3.05, 3.63) is 81.7 Å². The van der Waals surface area contributed by atoms with Gasteiger partial charge < -0.3 is 5.32 Å². The molecule has 25 heavy (non-hydrogen) atoms. The van der Waals surface area contributed by atoms with E-state index in [9.17, 15) is 9.18 Å². The SMILES string of the molecule is N#Cc1cccc(C(=O)Nc2nn(Cc3ccc(F)cc3)cc2Br)c1. The Bertz CT molecular complexity index is 960. The first kappa shape index (κ1) is 16.9. The molecule has 0 atom stereocenters. The van der Waals surface area contributed by atoms with E-state index >= 15 is 0 Å². The van der Waals surface area contributed by atoms with Crippen LogP contribution in [0, 0.1) is 17.1 Å². The van der Waals surface area contributed by atoms with Crippen LogP contribution in [0.25, 0.3) is 0 Å². The van der Waals surface area contributed by atoms with Crippen LogP contribution < -0.4 is 5.32 Å². The van der Waals surface area contributed by atoms with Crippen molar-refractivity contribution in [2.45, 2.75) is 6.54 Å². The first-order valence-electron chi connectivity index (χ1n) is 7.34. The van der Waals surface area contributed by atoms with Crippen LogP contribution in [0.1, 0.15) is 21.5 Å². The highest BCUT2D eigenvalue weighted by atomic mass is 79.9. The number of aromatic nitrogens is 2. The number of nitrogens with zero attached hydrogens (tertiary/aromatic N) is 3. The zero-order valence-electron chi connectivity index (χ0n) is 12.9. The molecule has 0 spiro atoms. The van der Waals surface area contributed by atoms with Crippen LogP contribution in [-0.4, -0.2) is 15.7 Å². The summed E-state index contributed by atoms with van der Waals surface area (Å²) < 4.78 is 15.2. The molecule has 0 aliphatic heterocycles. The lowest BCUT2D eigenvalue weighted by Gasteiger charge is -2.04. The molecule has 1 heterocycles. The number of nitrogens with one attached hydrogen (secondary N) is 1. The van der Waals surface area contributed by atoms with Crippen LogP contribution in [0.2, 0.25) is 0 Å². The molecule has 1 amide bonds. The summed E-state index contributed by atoms with van der Waals surface area (Å²) >= 11 is 3.36. The van der Waals surface area contributed by atoms with Crippen LogP contribution in [0.5, 0.6) is 0 Å². The normalized spacial score (nSPS) is 10.3. The van der Waals surface area contributed by atoms with Gasteiger partial charge in [-0.3, -0.25) is 9.48 Å².